The molecule has 1 fully saturated rings. The van der Waals surface area contributed by atoms with Gasteiger partial charge in [0.15, 0.2) is 0 Å². The Balaban J connectivity index is 1.40. The lowest BCUT2D eigenvalue weighted by Gasteiger charge is -2.28. The molecule has 0 saturated heterocycles. The fourth-order valence-corrected chi connectivity index (χ4v) is 5.25. The molecule has 0 amide bonds. The summed E-state index contributed by atoms with van der Waals surface area (Å²) < 4.78 is 14.7. The van der Waals surface area contributed by atoms with Crippen molar-refractivity contribution >= 4 is 16.8 Å². The zero-order valence-corrected chi connectivity index (χ0v) is 19.0. The van der Waals surface area contributed by atoms with Crippen LogP contribution in [0.3, 0.4) is 0 Å². The summed E-state index contributed by atoms with van der Waals surface area (Å²) in [6.45, 7) is 4.22. The monoisotopic (exact) mass is 414 g/mol. The molecule has 3 aromatic carbocycles. The minimum atomic E-state index is -0.138. The zero-order chi connectivity index (χ0) is 21.6. The third-order valence-electron chi connectivity index (χ3n) is 7.12. The van der Waals surface area contributed by atoms with Crippen LogP contribution in [0.4, 0.5) is 4.39 Å². The van der Waals surface area contributed by atoms with Crippen molar-refractivity contribution in [3.05, 3.63) is 77.6 Å². The molecule has 0 heterocycles. The second-order valence-corrected chi connectivity index (χ2v) is 9.32. The van der Waals surface area contributed by atoms with Crippen LogP contribution < -0.4 is 0 Å². The summed E-state index contributed by atoms with van der Waals surface area (Å²) in [5.74, 6) is 1.77. The molecule has 4 rings (SSSR count). The summed E-state index contributed by atoms with van der Waals surface area (Å²) in [5, 5.41) is 1.63. The average molecular weight is 415 g/mol. The molecule has 0 aromatic heterocycles. The lowest BCUT2D eigenvalue weighted by molar-refractivity contribution is 0.252. The fraction of sp³-hybridized carbons (Fsp3) is 0.400. The number of halogens is 1. The Morgan fingerprint density at radius 1 is 0.839 bits per heavy atom. The standard InChI is InChI=1S/C30H35F/c1-3-5-22-7-9-23(10-8-22)11-12-24-13-15-25(16-14-24)27-19-20-29-28(21-27)18-17-26(6-4-2)30(29)31/h4,6,13-23H,3,5,7-12H2,1-2H3/b6-4+. The van der Waals surface area contributed by atoms with Crippen LogP contribution in [0.1, 0.15) is 69.9 Å². The van der Waals surface area contributed by atoms with Crippen molar-refractivity contribution in [2.45, 2.75) is 65.2 Å². The van der Waals surface area contributed by atoms with Crippen molar-refractivity contribution in [3.8, 4) is 11.1 Å². The molecule has 1 heteroatoms. The first-order chi connectivity index (χ1) is 15.2. The van der Waals surface area contributed by atoms with E-state index in [9.17, 15) is 4.39 Å². The van der Waals surface area contributed by atoms with Gasteiger partial charge in [-0.15, -0.1) is 0 Å². The molecule has 1 saturated carbocycles. The molecule has 1 aliphatic rings. The number of allylic oxidation sites excluding steroid dienone is 1. The first kappa shape index (κ1) is 21.8. The van der Waals surface area contributed by atoms with Crippen LogP contribution in [0.15, 0.2) is 60.7 Å². The van der Waals surface area contributed by atoms with E-state index in [1.165, 1.54) is 62.5 Å². The van der Waals surface area contributed by atoms with Gasteiger partial charge >= 0.3 is 0 Å². The molecule has 0 N–H and O–H groups in total. The van der Waals surface area contributed by atoms with Crippen molar-refractivity contribution in [1.29, 1.82) is 0 Å². The molecule has 0 bridgehead atoms. The quantitative estimate of drug-likeness (QED) is 0.361. The van der Waals surface area contributed by atoms with Crippen LogP contribution in [0, 0.1) is 17.7 Å². The Kier molecular flexibility index (Phi) is 7.22. The first-order valence-corrected chi connectivity index (χ1v) is 12.1. The summed E-state index contributed by atoms with van der Waals surface area (Å²) in [6.07, 6.45) is 14.7. The SMILES string of the molecule is C/C=C/c1ccc2cc(-c3ccc(CCC4CCC(CCC)CC4)cc3)ccc2c1F. The van der Waals surface area contributed by atoms with Gasteiger partial charge in [-0.2, -0.15) is 0 Å². The number of hydrogen-bond donors (Lipinski definition) is 0. The smallest absolute Gasteiger partial charge is 0.138 e. The highest BCUT2D eigenvalue weighted by Gasteiger charge is 2.20. The van der Waals surface area contributed by atoms with Crippen LogP contribution in [-0.4, -0.2) is 0 Å². The van der Waals surface area contributed by atoms with Gasteiger partial charge in [0.1, 0.15) is 5.82 Å². The maximum absolute atomic E-state index is 14.7. The van der Waals surface area contributed by atoms with E-state index >= 15 is 0 Å². The Morgan fingerprint density at radius 3 is 2.19 bits per heavy atom. The van der Waals surface area contributed by atoms with E-state index in [2.05, 4.69) is 37.3 Å². The van der Waals surface area contributed by atoms with E-state index in [0.717, 1.165) is 22.8 Å². The average Bonchev–Trinajstić information content (AvgIpc) is 2.81. The third-order valence-corrected chi connectivity index (χ3v) is 7.12. The summed E-state index contributed by atoms with van der Waals surface area (Å²) >= 11 is 0. The van der Waals surface area contributed by atoms with Gasteiger partial charge in [0.2, 0.25) is 0 Å². The Morgan fingerprint density at radius 2 is 1.52 bits per heavy atom. The van der Waals surface area contributed by atoms with Crippen molar-refractivity contribution in [2.24, 2.45) is 11.8 Å². The van der Waals surface area contributed by atoms with Crippen LogP contribution in [0.25, 0.3) is 28.0 Å². The molecule has 0 atom stereocenters. The van der Waals surface area contributed by atoms with Crippen LogP contribution in [-0.2, 0) is 6.42 Å². The molecule has 0 aliphatic heterocycles. The predicted octanol–water partition coefficient (Wildman–Crippen LogP) is 9.22. The fourth-order valence-electron chi connectivity index (χ4n) is 5.25. The predicted molar refractivity (Wildman–Crippen MR) is 133 cm³/mol. The molecule has 0 spiro atoms. The van der Waals surface area contributed by atoms with Crippen LogP contribution >= 0.6 is 0 Å². The van der Waals surface area contributed by atoms with Crippen molar-refractivity contribution in [2.75, 3.05) is 0 Å². The lowest BCUT2D eigenvalue weighted by atomic mass is 9.78. The largest absolute Gasteiger partial charge is 0.206 e. The minimum absolute atomic E-state index is 0.138. The highest BCUT2D eigenvalue weighted by molar-refractivity contribution is 5.89. The van der Waals surface area contributed by atoms with Gasteiger partial charge in [0.05, 0.1) is 0 Å². The molecular weight excluding hydrogens is 379 g/mol. The molecule has 162 valence electrons. The maximum atomic E-state index is 14.7. The highest BCUT2D eigenvalue weighted by Crippen LogP contribution is 2.34. The Bertz CT molecular complexity index is 1020. The molecule has 0 radical (unpaired) electrons. The van der Waals surface area contributed by atoms with Gasteiger partial charge in [-0.25, -0.2) is 4.39 Å². The van der Waals surface area contributed by atoms with E-state index in [-0.39, 0.29) is 5.82 Å². The first-order valence-electron chi connectivity index (χ1n) is 12.1. The number of fused-ring (bicyclic) bond motifs is 1. The maximum Gasteiger partial charge on any atom is 0.138 e. The molecule has 3 aromatic rings. The molecule has 0 nitrogen and oxygen atoms in total. The second kappa shape index (κ2) is 10.3. The summed E-state index contributed by atoms with van der Waals surface area (Å²) in [7, 11) is 0. The van der Waals surface area contributed by atoms with Crippen molar-refractivity contribution < 1.29 is 4.39 Å². The van der Waals surface area contributed by atoms with Crippen molar-refractivity contribution in [3.63, 3.8) is 0 Å². The number of hydrogen-bond acceptors (Lipinski definition) is 0. The topological polar surface area (TPSA) is 0 Å². The minimum Gasteiger partial charge on any atom is -0.206 e. The lowest BCUT2D eigenvalue weighted by Crippen LogP contribution is -2.15. The number of rotatable bonds is 7. The molecule has 0 unspecified atom stereocenters. The van der Waals surface area contributed by atoms with E-state index in [1.807, 2.05) is 43.3 Å². The normalized spacial score (nSPS) is 19.3. The number of aryl methyl sites for hydroxylation is 1. The van der Waals surface area contributed by atoms with E-state index < -0.39 is 0 Å². The Labute approximate surface area is 187 Å². The van der Waals surface area contributed by atoms with Gasteiger partial charge in [-0.05, 0) is 59.7 Å². The van der Waals surface area contributed by atoms with E-state index in [4.69, 9.17) is 0 Å². The Hall–Kier alpha value is -2.41. The van der Waals surface area contributed by atoms with E-state index in [1.54, 1.807) is 0 Å². The number of benzene rings is 3. The van der Waals surface area contributed by atoms with Gasteiger partial charge in [-0.3, -0.25) is 0 Å². The van der Waals surface area contributed by atoms with Crippen LogP contribution in [0.5, 0.6) is 0 Å². The zero-order valence-electron chi connectivity index (χ0n) is 19.0. The van der Waals surface area contributed by atoms with Gasteiger partial charge in [0, 0.05) is 10.9 Å². The van der Waals surface area contributed by atoms with Crippen molar-refractivity contribution in [1.82, 2.24) is 0 Å². The molecule has 1 aliphatic carbocycles. The van der Waals surface area contributed by atoms with Crippen LogP contribution in [0.2, 0.25) is 0 Å². The third kappa shape index (κ3) is 5.26. The molecule has 31 heavy (non-hydrogen) atoms. The van der Waals surface area contributed by atoms with E-state index in [0.29, 0.717) is 10.9 Å². The van der Waals surface area contributed by atoms with Gasteiger partial charge in [-0.1, -0.05) is 106 Å². The highest BCUT2D eigenvalue weighted by atomic mass is 19.1. The van der Waals surface area contributed by atoms with Gasteiger partial charge < -0.3 is 0 Å². The van der Waals surface area contributed by atoms with Gasteiger partial charge in [0.25, 0.3) is 0 Å². The summed E-state index contributed by atoms with van der Waals surface area (Å²) in [5.41, 5.74) is 4.42. The second-order valence-electron chi connectivity index (χ2n) is 9.32. The molecular formula is C30H35F. The summed E-state index contributed by atoms with van der Waals surface area (Å²) in [6, 6.07) is 18.9. The summed E-state index contributed by atoms with van der Waals surface area (Å²) in [4.78, 5) is 0.